The SMILES string of the molecule is Cc1nc(NC(=O)CNC(=O)c2ccccc2Br)n[nH]1. The van der Waals surface area contributed by atoms with Crippen molar-refractivity contribution >= 4 is 33.7 Å². The molecule has 1 heterocycles. The lowest BCUT2D eigenvalue weighted by molar-refractivity contribution is -0.115. The fourth-order valence-corrected chi connectivity index (χ4v) is 1.93. The molecule has 104 valence electrons. The second kappa shape index (κ2) is 6.29. The van der Waals surface area contributed by atoms with E-state index in [1.54, 1.807) is 31.2 Å². The summed E-state index contributed by atoms with van der Waals surface area (Å²) in [6.07, 6.45) is 0. The Kier molecular flexibility index (Phi) is 4.46. The van der Waals surface area contributed by atoms with Gasteiger partial charge in [0.2, 0.25) is 11.9 Å². The van der Waals surface area contributed by atoms with Gasteiger partial charge < -0.3 is 5.32 Å². The molecular weight excluding hydrogens is 326 g/mol. The highest BCUT2D eigenvalue weighted by Crippen LogP contribution is 2.15. The zero-order valence-corrected chi connectivity index (χ0v) is 12.2. The largest absolute Gasteiger partial charge is 0.343 e. The van der Waals surface area contributed by atoms with E-state index in [4.69, 9.17) is 0 Å². The number of halogens is 1. The highest BCUT2D eigenvalue weighted by Gasteiger charge is 2.11. The van der Waals surface area contributed by atoms with Gasteiger partial charge >= 0.3 is 0 Å². The first-order chi connectivity index (χ1) is 9.56. The molecule has 0 aliphatic rings. The Labute approximate surface area is 123 Å². The molecule has 2 aromatic rings. The quantitative estimate of drug-likeness (QED) is 0.781. The van der Waals surface area contributed by atoms with Crippen molar-refractivity contribution in [2.75, 3.05) is 11.9 Å². The standard InChI is InChI=1S/C12H12BrN5O2/c1-7-15-12(18-17-7)16-10(19)6-14-11(20)8-4-2-3-5-9(8)13/h2-5H,6H2,1H3,(H,14,20)(H2,15,16,17,18,19). The monoisotopic (exact) mass is 337 g/mol. The van der Waals surface area contributed by atoms with Crippen molar-refractivity contribution in [1.29, 1.82) is 0 Å². The number of hydrogen-bond acceptors (Lipinski definition) is 4. The average molecular weight is 338 g/mol. The predicted molar refractivity (Wildman–Crippen MR) is 76.2 cm³/mol. The number of aryl methyl sites for hydroxylation is 1. The number of aromatic nitrogens is 3. The summed E-state index contributed by atoms with van der Waals surface area (Å²) in [6, 6.07) is 6.97. The summed E-state index contributed by atoms with van der Waals surface area (Å²) in [7, 11) is 0. The first-order valence-electron chi connectivity index (χ1n) is 5.78. The number of hydrogen-bond donors (Lipinski definition) is 3. The fourth-order valence-electron chi connectivity index (χ4n) is 1.47. The maximum Gasteiger partial charge on any atom is 0.252 e. The van der Waals surface area contributed by atoms with Crippen LogP contribution in [0.5, 0.6) is 0 Å². The third kappa shape index (κ3) is 3.64. The van der Waals surface area contributed by atoms with E-state index in [2.05, 4.69) is 41.7 Å². The van der Waals surface area contributed by atoms with E-state index in [0.29, 0.717) is 15.9 Å². The van der Waals surface area contributed by atoms with E-state index >= 15 is 0 Å². The van der Waals surface area contributed by atoms with Gasteiger partial charge in [0.15, 0.2) is 0 Å². The minimum Gasteiger partial charge on any atom is -0.343 e. The Balaban J connectivity index is 1.87. The van der Waals surface area contributed by atoms with E-state index < -0.39 is 5.91 Å². The van der Waals surface area contributed by atoms with E-state index in [-0.39, 0.29) is 18.4 Å². The number of nitrogens with zero attached hydrogens (tertiary/aromatic N) is 2. The van der Waals surface area contributed by atoms with Crippen molar-refractivity contribution < 1.29 is 9.59 Å². The molecule has 2 rings (SSSR count). The molecule has 1 aromatic heterocycles. The van der Waals surface area contributed by atoms with Gasteiger partial charge in [0.05, 0.1) is 12.1 Å². The lowest BCUT2D eigenvalue weighted by atomic mass is 10.2. The van der Waals surface area contributed by atoms with Gasteiger partial charge in [0.1, 0.15) is 5.82 Å². The molecule has 2 amide bonds. The maximum absolute atomic E-state index is 11.9. The lowest BCUT2D eigenvalue weighted by Crippen LogP contribution is -2.33. The van der Waals surface area contributed by atoms with Crippen LogP contribution < -0.4 is 10.6 Å². The summed E-state index contributed by atoms with van der Waals surface area (Å²) in [6.45, 7) is 1.56. The molecule has 0 atom stereocenters. The van der Waals surface area contributed by atoms with Crippen LogP contribution in [-0.4, -0.2) is 33.5 Å². The molecule has 0 fully saturated rings. The van der Waals surface area contributed by atoms with Crippen LogP contribution in [0.4, 0.5) is 5.95 Å². The molecular formula is C12H12BrN5O2. The number of carbonyl (C=O) groups is 2. The maximum atomic E-state index is 11.9. The minimum absolute atomic E-state index is 0.159. The molecule has 7 nitrogen and oxygen atoms in total. The highest BCUT2D eigenvalue weighted by molar-refractivity contribution is 9.10. The average Bonchev–Trinajstić information content (AvgIpc) is 2.82. The van der Waals surface area contributed by atoms with Crippen molar-refractivity contribution in [1.82, 2.24) is 20.5 Å². The number of nitrogens with one attached hydrogen (secondary N) is 3. The Hall–Kier alpha value is -2.22. The molecule has 0 spiro atoms. The molecule has 0 radical (unpaired) electrons. The van der Waals surface area contributed by atoms with Crippen LogP contribution >= 0.6 is 15.9 Å². The van der Waals surface area contributed by atoms with E-state index in [1.807, 2.05) is 0 Å². The first-order valence-corrected chi connectivity index (χ1v) is 6.57. The Morgan fingerprint density at radius 2 is 2.10 bits per heavy atom. The summed E-state index contributed by atoms with van der Waals surface area (Å²) >= 11 is 3.27. The number of carbonyl (C=O) groups excluding carboxylic acids is 2. The van der Waals surface area contributed by atoms with Gasteiger partial charge in [0.25, 0.3) is 5.91 Å². The van der Waals surface area contributed by atoms with Crippen molar-refractivity contribution in [2.45, 2.75) is 6.92 Å². The summed E-state index contributed by atoms with van der Waals surface area (Å²) in [5.41, 5.74) is 0.467. The van der Waals surface area contributed by atoms with Crippen molar-refractivity contribution in [3.63, 3.8) is 0 Å². The van der Waals surface area contributed by atoms with Crippen molar-refractivity contribution in [2.24, 2.45) is 0 Å². The molecule has 3 N–H and O–H groups in total. The molecule has 0 aliphatic heterocycles. The predicted octanol–water partition coefficient (Wildman–Crippen LogP) is 1.24. The number of rotatable bonds is 4. The molecule has 20 heavy (non-hydrogen) atoms. The summed E-state index contributed by atoms with van der Waals surface area (Å²) in [5, 5.41) is 11.4. The third-order valence-electron chi connectivity index (χ3n) is 2.38. The van der Waals surface area contributed by atoms with Crippen LogP contribution in [0.25, 0.3) is 0 Å². The third-order valence-corrected chi connectivity index (χ3v) is 3.07. The summed E-state index contributed by atoms with van der Waals surface area (Å²) in [5.74, 6) is 0.0448. The van der Waals surface area contributed by atoms with Gasteiger partial charge in [-0.05, 0) is 35.0 Å². The van der Waals surface area contributed by atoms with Gasteiger partial charge in [-0.25, -0.2) is 0 Å². The first kappa shape index (κ1) is 14.2. The van der Waals surface area contributed by atoms with Gasteiger partial charge in [0, 0.05) is 4.47 Å². The van der Waals surface area contributed by atoms with Crippen LogP contribution in [0.15, 0.2) is 28.7 Å². The Morgan fingerprint density at radius 1 is 1.35 bits per heavy atom. The lowest BCUT2D eigenvalue weighted by Gasteiger charge is -2.06. The molecule has 0 bridgehead atoms. The van der Waals surface area contributed by atoms with Crippen LogP contribution in [0, 0.1) is 6.92 Å². The van der Waals surface area contributed by atoms with Crippen molar-refractivity contribution in [3.8, 4) is 0 Å². The van der Waals surface area contributed by atoms with Crippen LogP contribution in [0.1, 0.15) is 16.2 Å². The second-order valence-electron chi connectivity index (χ2n) is 3.96. The summed E-state index contributed by atoms with van der Waals surface area (Å²) < 4.78 is 0.669. The van der Waals surface area contributed by atoms with Crippen LogP contribution in [0.3, 0.4) is 0 Å². The number of amides is 2. The zero-order valence-electron chi connectivity index (χ0n) is 10.6. The Morgan fingerprint density at radius 3 is 2.75 bits per heavy atom. The van der Waals surface area contributed by atoms with E-state index in [9.17, 15) is 9.59 Å². The summed E-state index contributed by atoms with van der Waals surface area (Å²) in [4.78, 5) is 27.4. The molecule has 0 saturated heterocycles. The smallest absolute Gasteiger partial charge is 0.252 e. The van der Waals surface area contributed by atoms with Gasteiger partial charge in [-0.2, -0.15) is 4.98 Å². The van der Waals surface area contributed by atoms with Crippen LogP contribution in [-0.2, 0) is 4.79 Å². The molecule has 0 aliphatic carbocycles. The Bertz CT molecular complexity index is 640. The topological polar surface area (TPSA) is 99.8 Å². The van der Waals surface area contributed by atoms with Crippen LogP contribution in [0.2, 0.25) is 0 Å². The molecule has 0 saturated carbocycles. The molecule has 1 aromatic carbocycles. The highest BCUT2D eigenvalue weighted by atomic mass is 79.9. The van der Waals surface area contributed by atoms with Gasteiger partial charge in [-0.1, -0.05) is 12.1 Å². The number of aromatic amines is 1. The fraction of sp³-hybridized carbons (Fsp3) is 0.167. The number of benzene rings is 1. The second-order valence-corrected chi connectivity index (χ2v) is 4.81. The normalized spacial score (nSPS) is 10.1. The number of anilines is 1. The minimum atomic E-state index is -0.399. The van der Waals surface area contributed by atoms with E-state index in [0.717, 1.165) is 0 Å². The number of H-pyrrole nitrogens is 1. The van der Waals surface area contributed by atoms with Crippen molar-refractivity contribution in [3.05, 3.63) is 40.1 Å². The van der Waals surface area contributed by atoms with Gasteiger partial charge in [-0.3, -0.25) is 20.0 Å². The molecule has 0 unspecified atom stereocenters. The van der Waals surface area contributed by atoms with Gasteiger partial charge in [-0.15, -0.1) is 5.10 Å². The van der Waals surface area contributed by atoms with E-state index in [1.165, 1.54) is 0 Å². The zero-order chi connectivity index (χ0) is 14.5. The molecule has 8 heteroatoms.